The number of hydrogen-bond acceptors (Lipinski definition) is 2. The Morgan fingerprint density at radius 1 is 1.00 bits per heavy atom. The summed E-state index contributed by atoms with van der Waals surface area (Å²) in [7, 11) is 2.25. The number of nitrogens with zero attached hydrogens (tertiary/aromatic N) is 2. The lowest BCUT2D eigenvalue weighted by molar-refractivity contribution is 0.235. The second-order valence-corrected chi connectivity index (χ2v) is 4.79. The fourth-order valence-electron chi connectivity index (χ4n) is 2.69. The van der Waals surface area contributed by atoms with E-state index in [-0.39, 0.29) is 0 Å². The van der Waals surface area contributed by atoms with Crippen molar-refractivity contribution in [2.24, 2.45) is 11.8 Å². The summed E-state index contributed by atoms with van der Waals surface area (Å²) in [6, 6.07) is 0.751. The molecule has 70 valence electrons. The first-order valence-corrected chi connectivity index (χ1v) is 5.09. The molecule has 2 aliphatic rings. The van der Waals surface area contributed by atoms with Crippen molar-refractivity contribution in [2.75, 3.05) is 33.2 Å². The number of hydrogen-bond donors (Lipinski definition) is 0. The summed E-state index contributed by atoms with van der Waals surface area (Å²) < 4.78 is 0. The highest BCUT2D eigenvalue weighted by atomic mass is 15.2. The van der Waals surface area contributed by atoms with Crippen molar-refractivity contribution in [2.45, 2.75) is 19.9 Å². The van der Waals surface area contributed by atoms with E-state index in [1.807, 2.05) is 0 Å². The van der Waals surface area contributed by atoms with Gasteiger partial charge in [-0.05, 0) is 32.7 Å². The van der Waals surface area contributed by atoms with Gasteiger partial charge in [0.05, 0.1) is 0 Å². The van der Waals surface area contributed by atoms with Crippen LogP contribution in [0.3, 0.4) is 0 Å². The normalized spacial score (nSPS) is 38.0. The van der Waals surface area contributed by atoms with E-state index >= 15 is 0 Å². The molecule has 0 bridgehead atoms. The average molecular weight is 168 g/mol. The minimum atomic E-state index is 0.751. The van der Waals surface area contributed by atoms with Gasteiger partial charge in [-0.15, -0.1) is 0 Å². The third-order valence-electron chi connectivity index (χ3n) is 3.43. The topological polar surface area (TPSA) is 6.48 Å². The van der Waals surface area contributed by atoms with E-state index in [0.29, 0.717) is 0 Å². The molecule has 12 heavy (non-hydrogen) atoms. The maximum absolute atomic E-state index is 2.63. The first-order chi connectivity index (χ1) is 5.66. The van der Waals surface area contributed by atoms with Gasteiger partial charge in [-0.2, -0.15) is 0 Å². The largest absolute Gasteiger partial charge is 0.306 e. The zero-order valence-corrected chi connectivity index (χ0v) is 8.45. The van der Waals surface area contributed by atoms with Gasteiger partial charge in [-0.25, -0.2) is 0 Å². The summed E-state index contributed by atoms with van der Waals surface area (Å²) in [5.41, 5.74) is 0. The second-order valence-electron chi connectivity index (χ2n) is 4.79. The molecule has 0 aromatic heterocycles. The van der Waals surface area contributed by atoms with Crippen LogP contribution in [0.25, 0.3) is 0 Å². The van der Waals surface area contributed by atoms with Crippen LogP contribution in [0.4, 0.5) is 0 Å². The standard InChI is InChI=1S/C10H20N2/c1-8(2)12-6-9-4-11(3)5-10(9)7-12/h8-10H,4-7H2,1-3H3/t9-,10-/m1/s1. The molecule has 2 heterocycles. The average Bonchev–Trinajstić information content (AvgIpc) is 2.42. The summed E-state index contributed by atoms with van der Waals surface area (Å²) in [5, 5.41) is 0. The van der Waals surface area contributed by atoms with Crippen LogP contribution in [-0.4, -0.2) is 49.1 Å². The molecule has 0 spiro atoms. The van der Waals surface area contributed by atoms with Gasteiger partial charge >= 0.3 is 0 Å². The third-order valence-corrected chi connectivity index (χ3v) is 3.43. The molecule has 0 saturated carbocycles. The molecule has 2 fully saturated rings. The van der Waals surface area contributed by atoms with Gasteiger partial charge in [0.2, 0.25) is 0 Å². The smallest absolute Gasteiger partial charge is 0.00388 e. The van der Waals surface area contributed by atoms with Crippen LogP contribution >= 0.6 is 0 Å². The van der Waals surface area contributed by atoms with E-state index in [4.69, 9.17) is 0 Å². The molecule has 2 saturated heterocycles. The Hall–Kier alpha value is -0.0800. The minimum Gasteiger partial charge on any atom is -0.306 e. The fraction of sp³-hybridized carbons (Fsp3) is 1.00. The lowest BCUT2D eigenvalue weighted by atomic mass is 10.0. The number of rotatable bonds is 1. The van der Waals surface area contributed by atoms with E-state index in [9.17, 15) is 0 Å². The molecule has 2 nitrogen and oxygen atoms in total. The maximum Gasteiger partial charge on any atom is 0.00388 e. The van der Waals surface area contributed by atoms with Gasteiger partial charge < -0.3 is 9.80 Å². The number of likely N-dealkylation sites (tertiary alicyclic amines) is 2. The molecular formula is C10H20N2. The third kappa shape index (κ3) is 1.38. The summed E-state index contributed by atoms with van der Waals surface area (Å²) in [5.74, 6) is 1.94. The van der Waals surface area contributed by atoms with Gasteiger partial charge in [0.15, 0.2) is 0 Å². The van der Waals surface area contributed by atoms with Crippen LogP contribution < -0.4 is 0 Å². The summed E-state index contributed by atoms with van der Waals surface area (Å²) in [6.07, 6.45) is 0. The van der Waals surface area contributed by atoms with Crippen LogP contribution in [-0.2, 0) is 0 Å². The lowest BCUT2D eigenvalue weighted by Gasteiger charge is -2.22. The first-order valence-electron chi connectivity index (χ1n) is 5.09. The Kier molecular flexibility index (Phi) is 2.13. The van der Waals surface area contributed by atoms with Crippen molar-refractivity contribution < 1.29 is 0 Å². The molecule has 2 heteroatoms. The minimum absolute atomic E-state index is 0.751. The molecule has 0 N–H and O–H groups in total. The monoisotopic (exact) mass is 168 g/mol. The molecule has 2 aliphatic heterocycles. The van der Waals surface area contributed by atoms with E-state index in [0.717, 1.165) is 17.9 Å². The van der Waals surface area contributed by atoms with Gasteiger partial charge in [-0.3, -0.25) is 0 Å². The van der Waals surface area contributed by atoms with Crippen LogP contribution in [0.2, 0.25) is 0 Å². The van der Waals surface area contributed by atoms with Crippen molar-refractivity contribution in [1.29, 1.82) is 0 Å². The Labute approximate surface area is 75.5 Å². The molecule has 0 amide bonds. The Balaban J connectivity index is 1.93. The Morgan fingerprint density at radius 2 is 1.50 bits per heavy atom. The van der Waals surface area contributed by atoms with Crippen molar-refractivity contribution in [1.82, 2.24) is 9.80 Å². The lowest BCUT2D eigenvalue weighted by Crippen LogP contribution is -2.32. The van der Waals surface area contributed by atoms with Crippen molar-refractivity contribution >= 4 is 0 Å². The van der Waals surface area contributed by atoms with E-state index < -0.39 is 0 Å². The SMILES string of the molecule is CC(C)N1C[C@H]2CN(C)C[C@@H]2C1. The van der Waals surface area contributed by atoms with Crippen LogP contribution in [0.5, 0.6) is 0 Å². The van der Waals surface area contributed by atoms with E-state index in [2.05, 4.69) is 30.7 Å². The van der Waals surface area contributed by atoms with Gasteiger partial charge in [0, 0.05) is 32.2 Å². The van der Waals surface area contributed by atoms with Crippen LogP contribution in [0, 0.1) is 11.8 Å². The predicted molar refractivity (Wildman–Crippen MR) is 51.2 cm³/mol. The summed E-state index contributed by atoms with van der Waals surface area (Å²) in [6.45, 7) is 9.96. The first kappa shape index (κ1) is 8.52. The highest BCUT2D eigenvalue weighted by Gasteiger charge is 2.38. The predicted octanol–water partition coefficient (Wildman–Crippen LogP) is 0.888. The molecular weight excluding hydrogens is 148 g/mol. The molecule has 0 aromatic rings. The quantitative estimate of drug-likeness (QED) is 0.573. The van der Waals surface area contributed by atoms with E-state index in [1.165, 1.54) is 26.2 Å². The summed E-state index contributed by atoms with van der Waals surface area (Å²) in [4.78, 5) is 5.11. The van der Waals surface area contributed by atoms with Crippen LogP contribution in [0.1, 0.15) is 13.8 Å². The highest BCUT2D eigenvalue weighted by molar-refractivity contribution is 4.92. The molecule has 0 aromatic carbocycles. The second kappa shape index (κ2) is 3.00. The zero-order chi connectivity index (χ0) is 8.72. The fourth-order valence-corrected chi connectivity index (χ4v) is 2.69. The Morgan fingerprint density at radius 3 is 1.92 bits per heavy atom. The number of fused-ring (bicyclic) bond motifs is 1. The highest BCUT2D eigenvalue weighted by Crippen LogP contribution is 2.30. The van der Waals surface area contributed by atoms with Gasteiger partial charge in [0.1, 0.15) is 0 Å². The summed E-state index contributed by atoms with van der Waals surface area (Å²) >= 11 is 0. The van der Waals surface area contributed by atoms with E-state index in [1.54, 1.807) is 0 Å². The molecule has 0 aliphatic carbocycles. The van der Waals surface area contributed by atoms with Crippen molar-refractivity contribution in [3.05, 3.63) is 0 Å². The molecule has 2 rings (SSSR count). The zero-order valence-electron chi connectivity index (χ0n) is 8.45. The van der Waals surface area contributed by atoms with Gasteiger partial charge in [0.25, 0.3) is 0 Å². The van der Waals surface area contributed by atoms with Crippen molar-refractivity contribution in [3.63, 3.8) is 0 Å². The van der Waals surface area contributed by atoms with Crippen LogP contribution in [0.15, 0.2) is 0 Å². The molecule has 0 unspecified atom stereocenters. The maximum atomic E-state index is 2.63. The Bertz CT molecular complexity index is 153. The molecule has 2 atom stereocenters. The molecule has 0 radical (unpaired) electrons. The van der Waals surface area contributed by atoms with Gasteiger partial charge in [-0.1, -0.05) is 0 Å². The van der Waals surface area contributed by atoms with Crippen molar-refractivity contribution in [3.8, 4) is 0 Å².